The Bertz CT molecular complexity index is 373. The third-order valence-corrected chi connectivity index (χ3v) is 3.48. The van der Waals surface area contributed by atoms with Gasteiger partial charge in [-0.1, -0.05) is 0 Å². The first-order valence-electron chi connectivity index (χ1n) is 5.34. The van der Waals surface area contributed by atoms with E-state index >= 15 is 0 Å². The van der Waals surface area contributed by atoms with Crippen LogP contribution < -0.4 is 5.32 Å². The quantitative estimate of drug-likeness (QED) is 0.822. The van der Waals surface area contributed by atoms with Crippen LogP contribution in [0.5, 0.6) is 0 Å². The number of aliphatic hydroxyl groups is 1. The van der Waals surface area contributed by atoms with Gasteiger partial charge in [-0.15, -0.1) is 0 Å². The van der Waals surface area contributed by atoms with Crippen molar-refractivity contribution in [2.45, 2.75) is 12.5 Å². The van der Waals surface area contributed by atoms with Crippen LogP contribution in [0, 0.1) is 0 Å². The van der Waals surface area contributed by atoms with Gasteiger partial charge in [0.25, 0.3) is 0 Å². The van der Waals surface area contributed by atoms with E-state index in [-0.39, 0.29) is 0 Å². The molecule has 0 saturated heterocycles. The van der Waals surface area contributed by atoms with Crippen LogP contribution in [0.3, 0.4) is 0 Å². The highest BCUT2D eigenvalue weighted by Gasteiger charge is 2.24. The molecule has 1 unspecified atom stereocenters. The van der Waals surface area contributed by atoms with E-state index in [9.17, 15) is 5.11 Å². The molecule has 4 nitrogen and oxygen atoms in total. The van der Waals surface area contributed by atoms with Gasteiger partial charge in [0.05, 0.1) is 13.1 Å². The monoisotopic (exact) mass is 239 g/mol. The molecule has 1 aliphatic rings. The number of nitrogens with zero attached hydrogens (tertiary/aromatic N) is 2. The van der Waals surface area contributed by atoms with Gasteiger partial charge < -0.3 is 15.3 Å². The van der Waals surface area contributed by atoms with Gasteiger partial charge in [0.2, 0.25) is 0 Å². The maximum atomic E-state index is 10.3. The van der Waals surface area contributed by atoms with Gasteiger partial charge in [0.1, 0.15) is 5.60 Å². The fourth-order valence-electron chi connectivity index (χ4n) is 1.65. The van der Waals surface area contributed by atoms with Gasteiger partial charge >= 0.3 is 0 Å². The van der Waals surface area contributed by atoms with Crippen LogP contribution in [0.25, 0.3) is 0 Å². The Kier molecular flexibility index (Phi) is 3.16. The Balaban J connectivity index is 1.95. The molecule has 0 amide bonds. The normalized spacial score (nSPS) is 19.4. The smallest absolute Gasteiger partial charge is 0.193 e. The molecule has 0 aromatic carbocycles. The lowest BCUT2D eigenvalue weighted by molar-refractivity contribution is 0.0617. The van der Waals surface area contributed by atoms with E-state index in [0.29, 0.717) is 6.54 Å². The van der Waals surface area contributed by atoms with Gasteiger partial charge in [-0.05, 0) is 29.3 Å². The highest BCUT2D eigenvalue weighted by Crippen LogP contribution is 2.22. The largest absolute Gasteiger partial charge is 0.384 e. The first-order chi connectivity index (χ1) is 7.59. The molecular formula is C11H17N3OS. The molecule has 0 spiro atoms. The Labute approximate surface area is 99.6 Å². The molecule has 2 heterocycles. The fourth-order valence-corrected chi connectivity index (χ4v) is 2.43. The Morgan fingerprint density at radius 2 is 2.50 bits per heavy atom. The van der Waals surface area contributed by atoms with Crippen LogP contribution in [0.2, 0.25) is 0 Å². The summed E-state index contributed by atoms with van der Waals surface area (Å²) in [5.41, 5.74) is 0.109. The number of nitrogens with one attached hydrogen (secondary N) is 1. The standard InChI is InChI=1S/C11H17N3OS/c1-11(15,9-3-6-16-7-9)8-13-10-12-4-5-14(10)2/h3,6-7,15H,4-5,8H2,1-2H3,(H,12,13). The number of hydrogen-bond acceptors (Lipinski definition) is 5. The molecule has 5 heteroatoms. The molecule has 88 valence electrons. The average Bonchev–Trinajstić information content (AvgIpc) is 2.85. The molecule has 1 atom stereocenters. The van der Waals surface area contributed by atoms with Gasteiger partial charge in [0.15, 0.2) is 5.96 Å². The third-order valence-electron chi connectivity index (χ3n) is 2.79. The van der Waals surface area contributed by atoms with E-state index in [4.69, 9.17) is 0 Å². The summed E-state index contributed by atoms with van der Waals surface area (Å²) in [6.07, 6.45) is 0. The van der Waals surface area contributed by atoms with Crippen molar-refractivity contribution < 1.29 is 5.11 Å². The van der Waals surface area contributed by atoms with E-state index in [1.807, 2.05) is 30.8 Å². The second kappa shape index (κ2) is 4.43. The predicted octanol–water partition coefficient (Wildman–Crippen LogP) is 0.847. The van der Waals surface area contributed by atoms with Crippen LogP contribution in [0.4, 0.5) is 0 Å². The molecule has 1 aromatic heterocycles. The zero-order valence-electron chi connectivity index (χ0n) is 9.60. The van der Waals surface area contributed by atoms with Crippen molar-refractivity contribution in [3.8, 4) is 0 Å². The minimum Gasteiger partial charge on any atom is -0.384 e. The van der Waals surface area contributed by atoms with Crippen LogP contribution in [-0.2, 0) is 5.60 Å². The SMILES string of the molecule is CN1CCN=C1NCC(C)(O)c1ccsc1. The van der Waals surface area contributed by atoms with Gasteiger partial charge in [0, 0.05) is 13.6 Å². The maximum Gasteiger partial charge on any atom is 0.193 e. The first-order valence-corrected chi connectivity index (χ1v) is 6.28. The van der Waals surface area contributed by atoms with Crippen LogP contribution >= 0.6 is 11.3 Å². The number of guanidine groups is 1. The Morgan fingerprint density at radius 1 is 1.69 bits per heavy atom. The third kappa shape index (κ3) is 2.36. The lowest BCUT2D eigenvalue weighted by Gasteiger charge is -2.25. The average molecular weight is 239 g/mol. The summed E-state index contributed by atoms with van der Waals surface area (Å²) >= 11 is 1.60. The molecule has 2 N–H and O–H groups in total. The van der Waals surface area contributed by atoms with Crippen LogP contribution in [-0.4, -0.2) is 42.6 Å². The van der Waals surface area contributed by atoms with Gasteiger partial charge in [-0.2, -0.15) is 11.3 Å². The molecular weight excluding hydrogens is 222 g/mol. The van der Waals surface area contributed by atoms with Crippen LogP contribution in [0.1, 0.15) is 12.5 Å². The van der Waals surface area contributed by atoms with Crippen molar-refractivity contribution in [3.05, 3.63) is 22.4 Å². The molecule has 16 heavy (non-hydrogen) atoms. The summed E-state index contributed by atoms with van der Waals surface area (Å²) in [5.74, 6) is 0.871. The summed E-state index contributed by atoms with van der Waals surface area (Å²) in [6.45, 7) is 4.08. The Morgan fingerprint density at radius 3 is 3.06 bits per heavy atom. The highest BCUT2D eigenvalue weighted by atomic mass is 32.1. The number of rotatable bonds is 3. The minimum absolute atomic E-state index is 0.479. The van der Waals surface area contributed by atoms with Crippen molar-refractivity contribution in [2.24, 2.45) is 4.99 Å². The maximum absolute atomic E-state index is 10.3. The zero-order valence-corrected chi connectivity index (χ0v) is 10.4. The van der Waals surface area contributed by atoms with E-state index < -0.39 is 5.60 Å². The highest BCUT2D eigenvalue weighted by molar-refractivity contribution is 7.08. The van der Waals surface area contributed by atoms with Crippen LogP contribution in [0.15, 0.2) is 21.8 Å². The lowest BCUT2D eigenvalue weighted by Crippen LogP contribution is -2.43. The van der Waals surface area contributed by atoms with Gasteiger partial charge in [-0.3, -0.25) is 4.99 Å². The Hall–Kier alpha value is -1.07. The molecule has 0 radical (unpaired) electrons. The summed E-state index contributed by atoms with van der Waals surface area (Å²) in [7, 11) is 2.00. The van der Waals surface area contributed by atoms with E-state index in [0.717, 1.165) is 24.6 Å². The molecule has 1 aliphatic heterocycles. The zero-order chi connectivity index (χ0) is 11.6. The first kappa shape index (κ1) is 11.4. The molecule has 1 aromatic rings. The fraction of sp³-hybridized carbons (Fsp3) is 0.545. The topological polar surface area (TPSA) is 47.9 Å². The molecule has 0 bridgehead atoms. The molecule has 2 rings (SSSR count). The number of aliphatic imine (C=N–C) groups is 1. The molecule has 0 saturated carbocycles. The summed E-state index contributed by atoms with van der Waals surface area (Å²) in [4.78, 5) is 6.38. The minimum atomic E-state index is -0.841. The molecule has 0 aliphatic carbocycles. The van der Waals surface area contributed by atoms with Gasteiger partial charge in [-0.25, -0.2) is 0 Å². The van der Waals surface area contributed by atoms with Crippen molar-refractivity contribution in [1.29, 1.82) is 0 Å². The second-order valence-corrected chi connectivity index (χ2v) is 5.05. The lowest BCUT2D eigenvalue weighted by atomic mass is 9.99. The number of thiophene rings is 1. The van der Waals surface area contributed by atoms with Crippen molar-refractivity contribution in [3.63, 3.8) is 0 Å². The van der Waals surface area contributed by atoms with E-state index in [1.54, 1.807) is 11.3 Å². The summed E-state index contributed by atoms with van der Waals surface area (Å²) < 4.78 is 0. The summed E-state index contributed by atoms with van der Waals surface area (Å²) in [5, 5.41) is 17.4. The number of likely N-dealkylation sites (N-methyl/N-ethyl adjacent to an activating group) is 1. The van der Waals surface area contributed by atoms with Crippen molar-refractivity contribution in [2.75, 3.05) is 26.7 Å². The second-order valence-electron chi connectivity index (χ2n) is 4.27. The van der Waals surface area contributed by atoms with Crippen molar-refractivity contribution in [1.82, 2.24) is 10.2 Å². The van der Waals surface area contributed by atoms with E-state index in [1.165, 1.54) is 0 Å². The van der Waals surface area contributed by atoms with Crippen molar-refractivity contribution >= 4 is 17.3 Å². The predicted molar refractivity (Wildman–Crippen MR) is 66.8 cm³/mol. The summed E-state index contributed by atoms with van der Waals surface area (Å²) in [6, 6.07) is 1.95. The van der Waals surface area contributed by atoms with E-state index in [2.05, 4.69) is 15.2 Å². The molecule has 0 fully saturated rings. The number of hydrogen-bond donors (Lipinski definition) is 2.